The molecule has 0 heterocycles. The molecule has 0 spiro atoms. The zero-order valence-electron chi connectivity index (χ0n) is 13.2. The minimum absolute atomic E-state index is 0.520. The number of halogens is 1. The van der Waals surface area contributed by atoms with Gasteiger partial charge in [0, 0.05) is 14.6 Å². The molecule has 0 fully saturated rings. The molecule has 0 bridgehead atoms. The highest BCUT2D eigenvalue weighted by Crippen LogP contribution is 2.41. The van der Waals surface area contributed by atoms with Crippen molar-refractivity contribution in [3.05, 3.63) is 63.6 Å². The summed E-state index contributed by atoms with van der Waals surface area (Å²) in [6.45, 7) is 8.94. The Kier molecular flexibility index (Phi) is 5.95. The molecule has 2 heteroatoms. The van der Waals surface area contributed by atoms with Crippen molar-refractivity contribution in [2.45, 2.75) is 44.3 Å². The molecular formula is C19H23BrS. The van der Waals surface area contributed by atoms with Crippen LogP contribution in [0, 0.1) is 19.8 Å². The van der Waals surface area contributed by atoms with Crippen molar-refractivity contribution in [2.24, 2.45) is 5.92 Å². The minimum Gasteiger partial charge on any atom is -0.118 e. The lowest BCUT2D eigenvalue weighted by atomic mass is 10.0. The first-order valence-corrected chi connectivity index (χ1v) is 9.13. The van der Waals surface area contributed by atoms with Crippen LogP contribution < -0.4 is 0 Å². The molecule has 0 aliphatic carbocycles. The van der Waals surface area contributed by atoms with Crippen LogP contribution in [0.1, 0.15) is 42.2 Å². The maximum Gasteiger partial charge on any atom is 0.0346 e. The predicted octanol–water partition coefficient (Wildman–Crippen LogP) is 6.95. The Bertz CT molecular complexity index is 567. The molecule has 1 unspecified atom stereocenters. The monoisotopic (exact) mass is 362 g/mol. The highest BCUT2D eigenvalue weighted by Gasteiger charge is 2.15. The first kappa shape index (κ1) is 16.6. The van der Waals surface area contributed by atoms with Gasteiger partial charge in [0.1, 0.15) is 0 Å². The van der Waals surface area contributed by atoms with Gasteiger partial charge in [0.05, 0.1) is 0 Å². The molecule has 0 aliphatic heterocycles. The third kappa shape index (κ3) is 4.62. The Balaban J connectivity index is 2.27. The van der Waals surface area contributed by atoms with E-state index in [2.05, 4.69) is 86.1 Å². The second kappa shape index (κ2) is 7.51. The van der Waals surface area contributed by atoms with E-state index < -0.39 is 0 Å². The zero-order chi connectivity index (χ0) is 15.4. The molecule has 0 aliphatic rings. The number of thioether (sulfide) groups is 1. The summed E-state index contributed by atoms with van der Waals surface area (Å²) in [5.41, 5.74) is 4.05. The number of hydrogen-bond acceptors (Lipinski definition) is 1. The minimum atomic E-state index is 0.520. The van der Waals surface area contributed by atoms with Gasteiger partial charge in [-0.15, -0.1) is 11.8 Å². The van der Waals surface area contributed by atoms with E-state index in [1.165, 1.54) is 32.5 Å². The summed E-state index contributed by atoms with van der Waals surface area (Å²) >= 11 is 5.64. The fourth-order valence-electron chi connectivity index (χ4n) is 2.49. The molecule has 0 aromatic heterocycles. The second-order valence-corrected chi connectivity index (χ2v) is 8.09. The van der Waals surface area contributed by atoms with Crippen LogP contribution >= 0.6 is 27.7 Å². The summed E-state index contributed by atoms with van der Waals surface area (Å²) in [4.78, 5) is 1.36. The van der Waals surface area contributed by atoms with E-state index in [9.17, 15) is 0 Å². The van der Waals surface area contributed by atoms with E-state index in [4.69, 9.17) is 0 Å². The molecule has 0 saturated heterocycles. The normalized spacial score (nSPS) is 12.7. The van der Waals surface area contributed by atoms with Crippen LogP contribution in [0.15, 0.2) is 51.8 Å². The number of benzene rings is 2. The maximum absolute atomic E-state index is 3.66. The smallest absolute Gasteiger partial charge is 0.0346 e. The van der Waals surface area contributed by atoms with Crippen LogP contribution in [0.3, 0.4) is 0 Å². The molecule has 0 radical (unpaired) electrons. The van der Waals surface area contributed by atoms with Crippen LogP contribution in [0.2, 0.25) is 0 Å². The first-order chi connectivity index (χ1) is 9.97. The summed E-state index contributed by atoms with van der Waals surface area (Å²) in [6, 6.07) is 15.4. The maximum atomic E-state index is 3.66. The van der Waals surface area contributed by atoms with Gasteiger partial charge in [-0.1, -0.05) is 60.1 Å². The van der Waals surface area contributed by atoms with Gasteiger partial charge < -0.3 is 0 Å². The van der Waals surface area contributed by atoms with Crippen LogP contribution in [-0.4, -0.2) is 0 Å². The van der Waals surface area contributed by atoms with Gasteiger partial charge in [0.25, 0.3) is 0 Å². The lowest BCUT2D eigenvalue weighted by Crippen LogP contribution is -1.99. The van der Waals surface area contributed by atoms with Crippen LogP contribution in [0.5, 0.6) is 0 Å². The molecule has 2 rings (SSSR count). The van der Waals surface area contributed by atoms with E-state index in [0.717, 1.165) is 0 Å². The molecule has 112 valence electrons. The Morgan fingerprint density at radius 1 is 1.00 bits per heavy atom. The number of rotatable bonds is 5. The van der Waals surface area contributed by atoms with Gasteiger partial charge in [0.15, 0.2) is 0 Å². The highest BCUT2D eigenvalue weighted by molar-refractivity contribution is 9.10. The van der Waals surface area contributed by atoms with E-state index in [-0.39, 0.29) is 0 Å². The second-order valence-electron chi connectivity index (χ2n) is 6.02. The fraction of sp³-hybridized carbons (Fsp3) is 0.368. The van der Waals surface area contributed by atoms with Gasteiger partial charge in [0.2, 0.25) is 0 Å². The van der Waals surface area contributed by atoms with Crippen LogP contribution in [0.4, 0.5) is 0 Å². The van der Waals surface area contributed by atoms with Gasteiger partial charge in [-0.05, 0) is 55.0 Å². The van der Waals surface area contributed by atoms with Gasteiger partial charge in [-0.3, -0.25) is 0 Å². The largest absolute Gasteiger partial charge is 0.118 e. The van der Waals surface area contributed by atoms with Crippen molar-refractivity contribution in [2.75, 3.05) is 0 Å². The SMILES string of the molecule is Cc1cc(SC(CC(C)C)c2ccccc2)cc(C)c1Br. The van der Waals surface area contributed by atoms with E-state index in [1.807, 2.05) is 11.8 Å². The third-order valence-corrected chi connectivity index (χ3v) is 6.05. The quantitative estimate of drug-likeness (QED) is 0.518. The molecular weight excluding hydrogens is 340 g/mol. The van der Waals surface area contributed by atoms with Gasteiger partial charge in [-0.25, -0.2) is 0 Å². The molecule has 2 aromatic carbocycles. The summed E-state index contributed by atoms with van der Waals surface area (Å²) in [6.07, 6.45) is 1.20. The molecule has 21 heavy (non-hydrogen) atoms. The Morgan fingerprint density at radius 3 is 2.10 bits per heavy atom. The standard InChI is InChI=1S/C19H23BrS/c1-13(2)10-18(16-8-6-5-7-9-16)21-17-11-14(3)19(20)15(4)12-17/h5-9,11-13,18H,10H2,1-4H3. The topological polar surface area (TPSA) is 0 Å². The third-order valence-electron chi connectivity index (χ3n) is 3.55. The Morgan fingerprint density at radius 2 is 1.57 bits per heavy atom. The first-order valence-electron chi connectivity index (χ1n) is 7.45. The average molecular weight is 363 g/mol. The molecule has 0 nitrogen and oxygen atoms in total. The Labute approximate surface area is 141 Å². The van der Waals surface area contributed by atoms with Crippen LogP contribution in [-0.2, 0) is 0 Å². The Hall–Kier alpha value is -0.730. The van der Waals surface area contributed by atoms with E-state index >= 15 is 0 Å². The van der Waals surface area contributed by atoms with Crippen molar-refractivity contribution in [1.82, 2.24) is 0 Å². The van der Waals surface area contributed by atoms with Crippen molar-refractivity contribution in [3.63, 3.8) is 0 Å². The average Bonchev–Trinajstić information content (AvgIpc) is 2.44. The lowest BCUT2D eigenvalue weighted by molar-refractivity contribution is 0.579. The summed E-state index contributed by atoms with van der Waals surface area (Å²) < 4.78 is 1.23. The van der Waals surface area contributed by atoms with Crippen molar-refractivity contribution >= 4 is 27.7 Å². The van der Waals surface area contributed by atoms with Gasteiger partial charge >= 0.3 is 0 Å². The zero-order valence-corrected chi connectivity index (χ0v) is 15.6. The van der Waals surface area contributed by atoms with E-state index in [0.29, 0.717) is 11.2 Å². The molecule has 1 atom stereocenters. The highest BCUT2D eigenvalue weighted by atomic mass is 79.9. The van der Waals surface area contributed by atoms with Crippen molar-refractivity contribution in [3.8, 4) is 0 Å². The predicted molar refractivity (Wildman–Crippen MR) is 98.1 cm³/mol. The molecule has 2 aromatic rings. The van der Waals surface area contributed by atoms with E-state index in [1.54, 1.807) is 0 Å². The van der Waals surface area contributed by atoms with Crippen LogP contribution in [0.25, 0.3) is 0 Å². The lowest BCUT2D eigenvalue weighted by Gasteiger charge is -2.20. The summed E-state index contributed by atoms with van der Waals surface area (Å²) in [7, 11) is 0. The summed E-state index contributed by atoms with van der Waals surface area (Å²) in [5.74, 6) is 0.695. The van der Waals surface area contributed by atoms with Crippen molar-refractivity contribution < 1.29 is 0 Å². The van der Waals surface area contributed by atoms with Crippen molar-refractivity contribution in [1.29, 1.82) is 0 Å². The summed E-state index contributed by atoms with van der Waals surface area (Å²) in [5, 5.41) is 0.520. The molecule has 0 saturated carbocycles. The number of aryl methyl sites for hydroxylation is 2. The van der Waals surface area contributed by atoms with Gasteiger partial charge in [-0.2, -0.15) is 0 Å². The number of hydrogen-bond donors (Lipinski definition) is 0. The molecule has 0 amide bonds. The fourth-order valence-corrected chi connectivity index (χ4v) is 4.31. The molecule has 0 N–H and O–H groups in total.